The van der Waals surface area contributed by atoms with Crippen LogP contribution >= 0.6 is 0 Å². The average Bonchev–Trinajstić information content (AvgIpc) is 2.61. The molecule has 0 aliphatic heterocycles. The molecule has 0 saturated carbocycles. The second-order valence-electron chi connectivity index (χ2n) is 6.87. The van der Waals surface area contributed by atoms with E-state index in [-0.39, 0.29) is 22.9 Å². The number of rotatable bonds is 8. The summed E-state index contributed by atoms with van der Waals surface area (Å²) in [5, 5.41) is 2.83. The standard InChI is InChI=1S/C20H27N3O3S/c1-15(2)22-27(25,26)19-12-10-18(11-13-19)21-20(24)16(3)23(4)14-17-8-6-5-7-9-17/h5-13,15-16,22H,14H2,1-4H3,(H,21,24)/t16-/m1/s1. The fraction of sp³-hybridized carbons (Fsp3) is 0.350. The van der Waals surface area contributed by atoms with Crippen molar-refractivity contribution in [3.63, 3.8) is 0 Å². The Hall–Kier alpha value is -2.22. The fourth-order valence-electron chi connectivity index (χ4n) is 2.55. The molecule has 7 heteroatoms. The van der Waals surface area contributed by atoms with Crippen LogP contribution in [-0.2, 0) is 21.4 Å². The molecule has 146 valence electrons. The van der Waals surface area contributed by atoms with Crippen molar-refractivity contribution in [3.05, 3.63) is 60.2 Å². The molecule has 0 spiro atoms. The van der Waals surface area contributed by atoms with Crippen LogP contribution in [0.3, 0.4) is 0 Å². The minimum Gasteiger partial charge on any atom is -0.325 e. The summed E-state index contributed by atoms with van der Waals surface area (Å²) in [5.74, 6) is -0.149. The molecule has 0 aliphatic carbocycles. The smallest absolute Gasteiger partial charge is 0.241 e. The zero-order valence-corrected chi connectivity index (χ0v) is 17.0. The summed E-state index contributed by atoms with van der Waals surface area (Å²) >= 11 is 0. The van der Waals surface area contributed by atoms with Gasteiger partial charge < -0.3 is 5.32 Å². The van der Waals surface area contributed by atoms with Crippen LogP contribution in [0.4, 0.5) is 5.69 Å². The van der Waals surface area contributed by atoms with Crippen LogP contribution < -0.4 is 10.0 Å². The van der Waals surface area contributed by atoms with Crippen LogP contribution in [0.25, 0.3) is 0 Å². The first-order valence-corrected chi connectivity index (χ1v) is 10.3. The third-order valence-electron chi connectivity index (χ3n) is 4.14. The lowest BCUT2D eigenvalue weighted by molar-refractivity contribution is -0.120. The lowest BCUT2D eigenvalue weighted by Crippen LogP contribution is -2.39. The maximum Gasteiger partial charge on any atom is 0.241 e. The first-order chi connectivity index (χ1) is 12.7. The molecule has 27 heavy (non-hydrogen) atoms. The highest BCUT2D eigenvalue weighted by Crippen LogP contribution is 2.15. The van der Waals surface area contributed by atoms with E-state index in [9.17, 15) is 13.2 Å². The Labute approximate surface area is 161 Å². The van der Waals surface area contributed by atoms with E-state index in [1.165, 1.54) is 12.1 Å². The van der Waals surface area contributed by atoms with Gasteiger partial charge in [0.15, 0.2) is 0 Å². The van der Waals surface area contributed by atoms with E-state index in [1.54, 1.807) is 26.0 Å². The zero-order chi connectivity index (χ0) is 20.0. The van der Waals surface area contributed by atoms with Crippen LogP contribution in [0.15, 0.2) is 59.5 Å². The molecule has 2 rings (SSSR count). The van der Waals surface area contributed by atoms with Crippen molar-refractivity contribution in [1.29, 1.82) is 0 Å². The number of sulfonamides is 1. The van der Waals surface area contributed by atoms with E-state index in [4.69, 9.17) is 0 Å². The summed E-state index contributed by atoms with van der Waals surface area (Å²) in [6.07, 6.45) is 0. The molecular formula is C20H27N3O3S. The van der Waals surface area contributed by atoms with Crippen molar-refractivity contribution < 1.29 is 13.2 Å². The van der Waals surface area contributed by atoms with Crippen LogP contribution in [0, 0.1) is 0 Å². The topological polar surface area (TPSA) is 78.5 Å². The lowest BCUT2D eigenvalue weighted by atomic mass is 10.2. The molecule has 0 saturated heterocycles. The fourth-order valence-corrected chi connectivity index (χ4v) is 3.80. The maximum atomic E-state index is 12.5. The predicted octanol–water partition coefficient (Wildman–Crippen LogP) is 2.83. The Morgan fingerprint density at radius 2 is 1.59 bits per heavy atom. The first kappa shape index (κ1) is 21.1. The van der Waals surface area contributed by atoms with Crippen LogP contribution in [0.2, 0.25) is 0 Å². The number of benzene rings is 2. The average molecular weight is 390 g/mol. The molecular weight excluding hydrogens is 362 g/mol. The van der Waals surface area contributed by atoms with Gasteiger partial charge in [0, 0.05) is 18.3 Å². The molecule has 0 heterocycles. The molecule has 6 nitrogen and oxygen atoms in total. The van der Waals surface area contributed by atoms with Gasteiger partial charge in [-0.05, 0) is 57.6 Å². The lowest BCUT2D eigenvalue weighted by Gasteiger charge is -2.24. The summed E-state index contributed by atoms with van der Waals surface area (Å²) < 4.78 is 26.8. The molecule has 1 atom stereocenters. The minimum atomic E-state index is -3.54. The summed E-state index contributed by atoms with van der Waals surface area (Å²) in [6.45, 7) is 6.02. The van der Waals surface area contributed by atoms with E-state index < -0.39 is 10.0 Å². The number of hydrogen-bond acceptors (Lipinski definition) is 4. The molecule has 2 N–H and O–H groups in total. The minimum absolute atomic E-state index is 0.149. The van der Waals surface area contributed by atoms with Gasteiger partial charge in [-0.3, -0.25) is 9.69 Å². The van der Waals surface area contributed by atoms with Crippen LogP contribution in [0.5, 0.6) is 0 Å². The summed E-state index contributed by atoms with van der Waals surface area (Å²) in [7, 11) is -1.65. The van der Waals surface area contributed by atoms with Gasteiger partial charge in [-0.1, -0.05) is 30.3 Å². The number of carbonyl (C=O) groups is 1. The Morgan fingerprint density at radius 1 is 1.00 bits per heavy atom. The summed E-state index contributed by atoms with van der Waals surface area (Å²) in [4.78, 5) is 14.6. The molecule has 2 aromatic carbocycles. The molecule has 1 amide bonds. The normalized spacial score (nSPS) is 13.0. The molecule has 0 bridgehead atoms. The van der Waals surface area contributed by atoms with Crippen LogP contribution in [-0.4, -0.2) is 38.4 Å². The number of amides is 1. The van der Waals surface area contributed by atoms with Crippen molar-refractivity contribution >= 4 is 21.6 Å². The summed E-state index contributed by atoms with van der Waals surface area (Å²) in [5.41, 5.74) is 1.69. The molecule has 0 radical (unpaired) electrons. The largest absolute Gasteiger partial charge is 0.325 e. The second kappa shape index (κ2) is 9.12. The number of carbonyl (C=O) groups excluding carboxylic acids is 1. The zero-order valence-electron chi connectivity index (χ0n) is 16.1. The van der Waals surface area contributed by atoms with Gasteiger partial charge >= 0.3 is 0 Å². The Morgan fingerprint density at radius 3 is 2.15 bits per heavy atom. The number of nitrogens with zero attached hydrogens (tertiary/aromatic N) is 1. The number of hydrogen-bond donors (Lipinski definition) is 2. The van der Waals surface area contributed by atoms with Crippen molar-refractivity contribution in [2.24, 2.45) is 0 Å². The van der Waals surface area contributed by atoms with Crippen molar-refractivity contribution in [2.45, 2.75) is 44.3 Å². The quantitative estimate of drug-likeness (QED) is 0.728. The highest BCUT2D eigenvalue weighted by molar-refractivity contribution is 7.89. The van der Waals surface area contributed by atoms with E-state index in [0.29, 0.717) is 12.2 Å². The molecule has 0 unspecified atom stereocenters. The van der Waals surface area contributed by atoms with Gasteiger partial charge in [-0.25, -0.2) is 13.1 Å². The van der Waals surface area contributed by atoms with E-state index >= 15 is 0 Å². The van der Waals surface area contributed by atoms with Gasteiger partial charge in [0.1, 0.15) is 0 Å². The summed E-state index contributed by atoms with van der Waals surface area (Å²) in [6, 6.07) is 15.6. The SMILES string of the molecule is CC(C)NS(=O)(=O)c1ccc(NC(=O)[C@@H](C)N(C)Cc2ccccc2)cc1. The second-order valence-corrected chi connectivity index (χ2v) is 8.58. The van der Waals surface area contributed by atoms with Crippen molar-refractivity contribution in [1.82, 2.24) is 9.62 Å². The van der Waals surface area contributed by atoms with E-state index in [2.05, 4.69) is 10.0 Å². The molecule has 0 aromatic heterocycles. The Bertz CT molecular complexity index is 850. The third-order valence-corrected chi connectivity index (χ3v) is 5.81. The van der Waals surface area contributed by atoms with Crippen molar-refractivity contribution in [3.8, 4) is 0 Å². The first-order valence-electron chi connectivity index (χ1n) is 8.86. The maximum absolute atomic E-state index is 12.5. The molecule has 2 aromatic rings. The van der Waals surface area contributed by atoms with Gasteiger partial charge in [-0.15, -0.1) is 0 Å². The predicted molar refractivity (Wildman–Crippen MR) is 108 cm³/mol. The van der Waals surface area contributed by atoms with Crippen LogP contribution in [0.1, 0.15) is 26.3 Å². The van der Waals surface area contributed by atoms with E-state index in [0.717, 1.165) is 5.56 Å². The molecule has 0 fully saturated rings. The Balaban J connectivity index is 1.98. The highest BCUT2D eigenvalue weighted by Gasteiger charge is 2.19. The Kier molecular flexibility index (Phi) is 7.12. The number of likely N-dealkylation sites (N-methyl/N-ethyl adjacent to an activating group) is 1. The van der Waals surface area contributed by atoms with Gasteiger partial charge in [0.05, 0.1) is 10.9 Å². The van der Waals surface area contributed by atoms with Gasteiger partial charge in [-0.2, -0.15) is 0 Å². The molecule has 0 aliphatic rings. The highest BCUT2D eigenvalue weighted by atomic mass is 32.2. The third kappa shape index (κ3) is 6.16. The number of nitrogens with one attached hydrogen (secondary N) is 2. The van der Waals surface area contributed by atoms with Gasteiger partial charge in [0.2, 0.25) is 15.9 Å². The van der Waals surface area contributed by atoms with E-state index in [1.807, 2.05) is 49.2 Å². The van der Waals surface area contributed by atoms with Crippen molar-refractivity contribution in [2.75, 3.05) is 12.4 Å². The van der Waals surface area contributed by atoms with Gasteiger partial charge in [0.25, 0.3) is 0 Å². The monoisotopic (exact) mass is 389 g/mol. The number of anilines is 1.